The van der Waals surface area contributed by atoms with E-state index < -0.39 is 0 Å². The summed E-state index contributed by atoms with van der Waals surface area (Å²) in [6.45, 7) is 7.25. The molecule has 0 fully saturated rings. The Hall–Kier alpha value is -8.41. The minimum Gasteiger partial charge on any atom is -0.305 e. The fourth-order valence-electron chi connectivity index (χ4n) is 11.0. The zero-order valence-corrected chi connectivity index (χ0v) is 48.7. The summed E-state index contributed by atoms with van der Waals surface area (Å²) in [5.74, 6) is 0. The summed E-state index contributed by atoms with van der Waals surface area (Å²) in [7, 11) is 0. The predicted molar refractivity (Wildman–Crippen MR) is 313 cm³/mol. The fourth-order valence-corrected chi connectivity index (χ4v) is 11.0. The van der Waals surface area contributed by atoms with Crippen molar-refractivity contribution in [2.75, 3.05) is 0 Å². The van der Waals surface area contributed by atoms with Crippen molar-refractivity contribution >= 4 is 32.6 Å². The molecule has 7 heteroatoms. The molecule has 2 radical (unpaired) electrons. The summed E-state index contributed by atoms with van der Waals surface area (Å²) in [5.41, 5.74) is 21.8. The first kappa shape index (κ1) is 54.0. The van der Waals surface area contributed by atoms with Crippen LogP contribution in [0.25, 0.3) is 88.9 Å². The molecule has 0 spiro atoms. The van der Waals surface area contributed by atoms with Gasteiger partial charge in [0.1, 0.15) is 0 Å². The van der Waals surface area contributed by atoms with Crippen LogP contribution in [0.3, 0.4) is 0 Å². The molecular formula is C72H56Ir2N5+. The van der Waals surface area contributed by atoms with Gasteiger partial charge in [-0.1, -0.05) is 121 Å². The van der Waals surface area contributed by atoms with Gasteiger partial charge in [-0.25, -0.2) is 0 Å². The van der Waals surface area contributed by atoms with Gasteiger partial charge in [0, 0.05) is 110 Å². The fraction of sp³-hybridized carbons (Fsp3) is 0.0694. The van der Waals surface area contributed by atoms with Gasteiger partial charge in [-0.2, -0.15) is 13.7 Å². The van der Waals surface area contributed by atoms with E-state index in [1.807, 2.05) is 79.0 Å². The van der Waals surface area contributed by atoms with Crippen molar-refractivity contribution in [1.29, 1.82) is 0 Å². The first-order valence-electron chi connectivity index (χ1n) is 26.3. The van der Waals surface area contributed by atoms with E-state index in [-0.39, 0.29) is 40.2 Å². The van der Waals surface area contributed by atoms with Crippen molar-refractivity contribution in [3.63, 3.8) is 0 Å². The number of rotatable bonds is 2. The Bertz CT molecular complexity index is 4190. The Kier molecular flexibility index (Phi) is 17.0. The smallest absolute Gasteiger partial charge is 0.221 e. The maximum absolute atomic E-state index is 4.32. The SMILES string of the molecule is Cc1cc2ccccc2[n+]2c1-c1ccccc1C2.Cc1cccnc1-c1[c-]cccc1.[Ir].[Ir].[c-]1ccccc1-c1ccccn1.c1ccc2c(c1)C[n+]1c-2ccc2ccccc21.c1ccc2c(c1)C[n+]1ccc3ccccc3c1-2. The number of nitrogens with zero attached hydrogens (tertiary/aromatic N) is 5. The molecule has 0 bridgehead atoms. The topological polar surface area (TPSA) is 37.4 Å². The van der Waals surface area contributed by atoms with Crippen LogP contribution in [0.4, 0.5) is 0 Å². The van der Waals surface area contributed by atoms with E-state index in [0.717, 1.165) is 42.1 Å². The molecule has 0 saturated heterocycles. The second kappa shape index (κ2) is 24.9. The van der Waals surface area contributed by atoms with Gasteiger partial charge < -0.3 is 9.97 Å². The van der Waals surface area contributed by atoms with Crippen molar-refractivity contribution in [2.45, 2.75) is 33.5 Å². The molecule has 8 aromatic carbocycles. The summed E-state index contributed by atoms with van der Waals surface area (Å²) < 4.78 is 7.18. The Balaban J connectivity index is 0.000000112. The van der Waals surface area contributed by atoms with Gasteiger partial charge in [0.15, 0.2) is 25.8 Å². The third-order valence-electron chi connectivity index (χ3n) is 14.6. The van der Waals surface area contributed by atoms with Crippen molar-refractivity contribution in [2.24, 2.45) is 0 Å². The largest absolute Gasteiger partial charge is 0.305 e. The van der Waals surface area contributed by atoms with E-state index in [0.29, 0.717) is 0 Å². The van der Waals surface area contributed by atoms with E-state index >= 15 is 0 Å². The summed E-state index contributed by atoms with van der Waals surface area (Å²) in [6.07, 6.45) is 5.79. The molecule has 8 heterocycles. The number of fused-ring (bicyclic) bond motifs is 15. The Morgan fingerprint density at radius 1 is 0.392 bits per heavy atom. The minimum atomic E-state index is 0. The number of para-hydroxylation sites is 2. The quantitative estimate of drug-likeness (QED) is 0.128. The molecule has 3 aliphatic heterocycles. The van der Waals surface area contributed by atoms with E-state index in [2.05, 4.69) is 232 Å². The number of hydrogen-bond acceptors (Lipinski definition) is 2. The molecule has 0 atom stereocenters. The van der Waals surface area contributed by atoms with Gasteiger partial charge in [0.25, 0.3) is 0 Å². The van der Waals surface area contributed by atoms with Crippen LogP contribution in [-0.2, 0) is 59.8 Å². The molecule has 0 saturated carbocycles. The van der Waals surface area contributed by atoms with Crippen molar-refractivity contribution < 1.29 is 53.9 Å². The Morgan fingerprint density at radius 2 is 0.949 bits per heavy atom. The van der Waals surface area contributed by atoms with E-state index in [1.54, 1.807) is 6.20 Å². The second-order valence-electron chi connectivity index (χ2n) is 19.5. The van der Waals surface area contributed by atoms with Crippen LogP contribution in [0.5, 0.6) is 0 Å². The first-order chi connectivity index (χ1) is 38.1. The average molecular weight is 1380 g/mol. The molecule has 5 aromatic heterocycles. The average Bonchev–Trinajstić information content (AvgIpc) is 4.31. The van der Waals surface area contributed by atoms with Gasteiger partial charge in [-0.05, 0) is 91.3 Å². The van der Waals surface area contributed by atoms with Crippen LogP contribution >= 0.6 is 0 Å². The second-order valence-corrected chi connectivity index (χ2v) is 19.5. The third-order valence-corrected chi connectivity index (χ3v) is 14.6. The van der Waals surface area contributed by atoms with E-state index in [4.69, 9.17) is 0 Å². The molecule has 0 N–H and O–H groups in total. The maximum Gasteiger partial charge on any atom is 0.221 e. The van der Waals surface area contributed by atoms with Crippen molar-refractivity contribution in [3.8, 4) is 56.3 Å². The van der Waals surface area contributed by atoms with Crippen molar-refractivity contribution in [3.05, 3.63) is 307 Å². The summed E-state index contributed by atoms with van der Waals surface area (Å²) >= 11 is 0. The number of pyridine rings is 5. The van der Waals surface area contributed by atoms with Gasteiger partial charge in [0.2, 0.25) is 28.1 Å². The predicted octanol–water partition coefficient (Wildman–Crippen LogP) is 15.2. The zero-order chi connectivity index (χ0) is 51.9. The van der Waals surface area contributed by atoms with Crippen LogP contribution in [0.1, 0.15) is 27.8 Å². The van der Waals surface area contributed by atoms with Gasteiger partial charge in [-0.15, -0.1) is 71.8 Å². The number of hydrogen-bond donors (Lipinski definition) is 0. The number of benzene rings is 8. The van der Waals surface area contributed by atoms with Crippen LogP contribution in [0.15, 0.2) is 267 Å². The molecule has 386 valence electrons. The molecule has 0 aliphatic carbocycles. The molecular weight excluding hydrogens is 1320 g/mol. The van der Waals surface area contributed by atoms with Crippen molar-refractivity contribution in [1.82, 2.24) is 9.97 Å². The van der Waals surface area contributed by atoms with Crippen LogP contribution in [0, 0.1) is 26.0 Å². The van der Waals surface area contributed by atoms with Crippen LogP contribution in [0.2, 0.25) is 0 Å². The van der Waals surface area contributed by atoms with Gasteiger partial charge in [-0.3, -0.25) is 0 Å². The molecule has 79 heavy (non-hydrogen) atoms. The molecule has 0 amide bonds. The molecule has 16 rings (SSSR count). The monoisotopic (exact) mass is 1380 g/mol. The Labute approximate surface area is 490 Å². The summed E-state index contributed by atoms with van der Waals surface area (Å²) in [5, 5.41) is 5.30. The number of aryl methyl sites for hydroxylation is 2. The standard InChI is InChI=1S/C17H14N.2C16H12N.C12H10N.C11H8N.2Ir/c1-12-10-13-6-3-5-9-16(13)18-11-14-7-2-4-8-15(14)17(12)18;1-3-7-14-13(6-1)11-17-15-8-4-2-5-12(15)9-10-16(14)17;1-3-7-14-12(5-1)9-10-17-11-13-6-2-4-8-15(13)16(14)17;1-10-6-5-9-13-12(10)11-7-3-2-4-8-11;1-2-6-10(7-3-1)11-8-4-5-9-12-11;;/h2-10H,11H2,1H3;2*1-10H,11H2;2-7,9H,1H3;1-6,8-9H;;/q3*+1;2*-1;;. The number of aromatic nitrogens is 5. The molecule has 13 aromatic rings. The first-order valence-corrected chi connectivity index (χ1v) is 26.3. The zero-order valence-electron chi connectivity index (χ0n) is 43.9. The van der Waals surface area contributed by atoms with Crippen LogP contribution in [-0.4, -0.2) is 9.97 Å². The van der Waals surface area contributed by atoms with Crippen LogP contribution < -0.4 is 13.7 Å². The Morgan fingerprint density at radius 3 is 1.65 bits per heavy atom. The third kappa shape index (κ3) is 11.5. The van der Waals surface area contributed by atoms with E-state index in [1.165, 1.54) is 94.2 Å². The maximum atomic E-state index is 4.32. The van der Waals surface area contributed by atoms with E-state index in [9.17, 15) is 0 Å². The molecule has 0 unspecified atom stereocenters. The normalized spacial score (nSPS) is 11.3. The molecule has 5 nitrogen and oxygen atoms in total. The molecule has 3 aliphatic rings. The van der Waals surface area contributed by atoms with Gasteiger partial charge in [0.05, 0.1) is 22.1 Å². The summed E-state index contributed by atoms with van der Waals surface area (Å²) in [6, 6.07) is 92.7. The van der Waals surface area contributed by atoms with Gasteiger partial charge >= 0.3 is 0 Å². The summed E-state index contributed by atoms with van der Waals surface area (Å²) in [4.78, 5) is 8.54. The minimum absolute atomic E-state index is 0.